The maximum absolute atomic E-state index is 11.4. The molecule has 0 spiro atoms. The van der Waals surface area contributed by atoms with Crippen LogP contribution in [-0.2, 0) is 9.05 Å². The Labute approximate surface area is 62.6 Å². The predicted octanol–water partition coefficient (Wildman–Crippen LogP) is 1.60. The molecule has 0 saturated heterocycles. The molecule has 0 N–H and O–H groups in total. The average molecular weight is 193 g/mol. The number of alkyl halides is 2. The lowest BCUT2D eigenvalue weighted by Crippen LogP contribution is -1.99. The van der Waals surface area contributed by atoms with Gasteiger partial charge in [0.2, 0.25) is 15.5 Å². The molecule has 0 rings (SSSR count). The highest BCUT2D eigenvalue weighted by molar-refractivity contribution is 8.13. The Morgan fingerprint density at radius 2 is 1.90 bits per heavy atom. The fourth-order valence-corrected chi connectivity index (χ4v) is 1.25. The Balaban J connectivity index is 3.39. The minimum Gasteiger partial charge on any atom is -0.212 e. The third kappa shape index (κ3) is 8.10. The fourth-order valence-electron chi connectivity index (χ4n) is 0.410. The quantitative estimate of drug-likeness (QED) is 0.634. The monoisotopic (exact) mass is 192 g/mol. The predicted molar refractivity (Wildman–Crippen MR) is 34.9 cm³/mol. The summed E-state index contributed by atoms with van der Waals surface area (Å²) in [7, 11) is 1.16. The number of hydrogen-bond donors (Lipinski definition) is 0. The molecule has 0 unspecified atom stereocenters. The summed E-state index contributed by atoms with van der Waals surface area (Å²) in [6, 6.07) is 0. The Morgan fingerprint density at radius 1 is 1.40 bits per heavy atom. The van der Waals surface area contributed by atoms with Crippen molar-refractivity contribution in [3.63, 3.8) is 0 Å². The highest BCUT2D eigenvalue weighted by atomic mass is 35.7. The van der Waals surface area contributed by atoms with Crippen LogP contribution in [0.3, 0.4) is 0 Å². The van der Waals surface area contributed by atoms with E-state index in [0.717, 1.165) is 0 Å². The van der Waals surface area contributed by atoms with Crippen molar-refractivity contribution in [2.45, 2.75) is 19.3 Å². The van der Waals surface area contributed by atoms with Crippen LogP contribution in [0.25, 0.3) is 0 Å². The SMILES string of the molecule is O=S(=O)(Cl)CCCC(F)F. The summed E-state index contributed by atoms with van der Waals surface area (Å²) in [5.74, 6) is -0.376. The standard InChI is InChI=1S/C4H7ClF2O2S/c5-10(8,9)3-1-2-4(6)7/h4H,1-3H2. The van der Waals surface area contributed by atoms with E-state index in [0.29, 0.717) is 0 Å². The van der Waals surface area contributed by atoms with E-state index in [1.165, 1.54) is 0 Å². The number of halogens is 3. The minimum absolute atomic E-state index is 0.0799. The summed E-state index contributed by atoms with van der Waals surface area (Å²) in [4.78, 5) is 0. The Morgan fingerprint density at radius 3 is 2.20 bits per heavy atom. The van der Waals surface area contributed by atoms with Crippen LogP contribution in [0.4, 0.5) is 8.78 Å². The second-order valence-electron chi connectivity index (χ2n) is 1.78. The molecule has 0 aromatic carbocycles. The zero-order valence-electron chi connectivity index (χ0n) is 5.06. The molecule has 0 radical (unpaired) electrons. The zero-order valence-corrected chi connectivity index (χ0v) is 6.63. The van der Waals surface area contributed by atoms with Gasteiger partial charge in [0.05, 0.1) is 5.75 Å². The summed E-state index contributed by atoms with van der Waals surface area (Å²) < 4.78 is 43.0. The average Bonchev–Trinajstić information content (AvgIpc) is 1.59. The van der Waals surface area contributed by atoms with Crippen LogP contribution < -0.4 is 0 Å². The van der Waals surface area contributed by atoms with Gasteiger partial charge in [-0.2, -0.15) is 0 Å². The third-order valence-electron chi connectivity index (χ3n) is 0.810. The molecule has 10 heavy (non-hydrogen) atoms. The van der Waals surface area contributed by atoms with E-state index in [2.05, 4.69) is 0 Å². The summed E-state index contributed by atoms with van der Waals surface area (Å²) in [5, 5.41) is 0. The Hall–Kier alpha value is 0.1000. The van der Waals surface area contributed by atoms with E-state index in [4.69, 9.17) is 10.7 Å². The minimum atomic E-state index is -3.58. The summed E-state index contributed by atoms with van der Waals surface area (Å²) in [6.07, 6.45) is -2.94. The summed E-state index contributed by atoms with van der Waals surface area (Å²) >= 11 is 0. The first kappa shape index (κ1) is 10.1. The van der Waals surface area contributed by atoms with E-state index in [1.807, 2.05) is 0 Å². The normalized spacial score (nSPS) is 12.4. The molecule has 0 fully saturated rings. The van der Waals surface area contributed by atoms with E-state index >= 15 is 0 Å². The first-order valence-electron chi connectivity index (χ1n) is 2.62. The van der Waals surface area contributed by atoms with Crippen molar-refractivity contribution in [3.05, 3.63) is 0 Å². The van der Waals surface area contributed by atoms with Crippen LogP contribution in [0.1, 0.15) is 12.8 Å². The molecular formula is C4H7ClF2O2S. The van der Waals surface area contributed by atoms with Gasteiger partial charge in [-0.25, -0.2) is 17.2 Å². The maximum atomic E-state index is 11.4. The van der Waals surface area contributed by atoms with Crippen LogP contribution in [0.15, 0.2) is 0 Å². The van der Waals surface area contributed by atoms with Gasteiger partial charge in [-0.05, 0) is 6.42 Å². The first-order chi connectivity index (χ1) is 4.42. The van der Waals surface area contributed by atoms with Gasteiger partial charge < -0.3 is 0 Å². The van der Waals surface area contributed by atoms with Gasteiger partial charge in [-0.3, -0.25) is 0 Å². The molecular weight excluding hydrogens is 186 g/mol. The molecule has 0 aliphatic carbocycles. The van der Waals surface area contributed by atoms with Crippen molar-refractivity contribution in [1.82, 2.24) is 0 Å². The molecule has 0 heterocycles. The van der Waals surface area contributed by atoms with Gasteiger partial charge >= 0.3 is 0 Å². The number of rotatable bonds is 4. The van der Waals surface area contributed by atoms with Crippen molar-refractivity contribution >= 4 is 19.7 Å². The molecule has 0 aliphatic heterocycles. The van der Waals surface area contributed by atoms with E-state index < -0.39 is 21.9 Å². The molecule has 62 valence electrons. The van der Waals surface area contributed by atoms with Gasteiger partial charge in [-0.1, -0.05) is 0 Å². The molecule has 2 nitrogen and oxygen atoms in total. The van der Waals surface area contributed by atoms with Gasteiger partial charge in [0.25, 0.3) is 0 Å². The summed E-state index contributed by atoms with van der Waals surface area (Å²) in [6.45, 7) is 0. The van der Waals surface area contributed by atoms with Gasteiger partial charge in [0.15, 0.2) is 0 Å². The largest absolute Gasteiger partial charge is 0.238 e. The highest BCUT2D eigenvalue weighted by Crippen LogP contribution is 2.06. The topological polar surface area (TPSA) is 34.1 Å². The summed E-state index contributed by atoms with van der Waals surface area (Å²) in [5.41, 5.74) is 0. The lowest BCUT2D eigenvalue weighted by atomic mass is 10.4. The van der Waals surface area contributed by atoms with Crippen LogP contribution in [0.5, 0.6) is 0 Å². The van der Waals surface area contributed by atoms with Gasteiger partial charge in [-0.15, -0.1) is 0 Å². The van der Waals surface area contributed by atoms with Crippen LogP contribution in [-0.4, -0.2) is 20.6 Å². The van der Waals surface area contributed by atoms with Crippen molar-refractivity contribution in [2.24, 2.45) is 0 Å². The lowest BCUT2D eigenvalue weighted by molar-refractivity contribution is 0.137. The fraction of sp³-hybridized carbons (Fsp3) is 1.00. The van der Waals surface area contributed by atoms with E-state index in [1.54, 1.807) is 0 Å². The van der Waals surface area contributed by atoms with Gasteiger partial charge in [0.1, 0.15) is 0 Å². The zero-order chi connectivity index (χ0) is 8.20. The molecule has 0 amide bonds. The molecule has 0 aliphatic rings. The molecule has 0 atom stereocenters. The Bertz CT molecular complexity index is 178. The smallest absolute Gasteiger partial charge is 0.212 e. The third-order valence-corrected chi connectivity index (χ3v) is 2.05. The maximum Gasteiger partial charge on any atom is 0.238 e. The van der Waals surface area contributed by atoms with Crippen molar-refractivity contribution in [1.29, 1.82) is 0 Å². The highest BCUT2D eigenvalue weighted by Gasteiger charge is 2.07. The molecule has 0 aromatic rings. The number of hydrogen-bond acceptors (Lipinski definition) is 2. The van der Waals surface area contributed by atoms with Gasteiger partial charge in [0, 0.05) is 17.1 Å². The van der Waals surface area contributed by atoms with Crippen molar-refractivity contribution in [2.75, 3.05) is 5.75 Å². The molecule has 6 heteroatoms. The molecule has 0 aromatic heterocycles. The first-order valence-corrected chi connectivity index (χ1v) is 5.10. The Kier molecular flexibility index (Phi) is 4.12. The van der Waals surface area contributed by atoms with Crippen molar-refractivity contribution < 1.29 is 17.2 Å². The molecule has 0 bridgehead atoms. The van der Waals surface area contributed by atoms with Crippen LogP contribution in [0.2, 0.25) is 0 Å². The van der Waals surface area contributed by atoms with Crippen LogP contribution >= 0.6 is 10.7 Å². The van der Waals surface area contributed by atoms with E-state index in [-0.39, 0.29) is 12.2 Å². The van der Waals surface area contributed by atoms with Crippen LogP contribution in [0, 0.1) is 0 Å². The van der Waals surface area contributed by atoms with E-state index in [9.17, 15) is 17.2 Å². The lowest BCUT2D eigenvalue weighted by Gasteiger charge is -1.95. The van der Waals surface area contributed by atoms with Crippen molar-refractivity contribution in [3.8, 4) is 0 Å². The second kappa shape index (κ2) is 4.08. The molecule has 0 saturated carbocycles. The second-order valence-corrected chi connectivity index (χ2v) is 4.67.